The molecule has 1 amide bonds. The van der Waals surface area contributed by atoms with E-state index in [1.165, 1.54) is 11.3 Å². The number of hydrogen-bond acceptors (Lipinski definition) is 3. The SMILES string of the molecule is O=C(c1cccnc1)N1CCC(c2[nH]ncc2-c2ccccc2)CC1. The number of H-pyrrole nitrogens is 1. The van der Waals surface area contributed by atoms with E-state index in [0.29, 0.717) is 11.5 Å². The first-order chi connectivity index (χ1) is 12.3. The van der Waals surface area contributed by atoms with Gasteiger partial charge in [-0.2, -0.15) is 5.10 Å². The van der Waals surface area contributed by atoms with Crippen molar-refractivity contribution in [3.05, 3.63) is 72.3 Å². The van der Waals surface area contributed by atoms with Crippen LogP contribution in [-0.2, 0) is 0 Å². The van der Waals surface area contributed by atoms with Crippen LogP contribution >= 0.6 is 0 Å². The van der Waals surface area contributed by atoms with Gasteiger partial charge in [-0.1, -0.05) is 30.3 Å². The average Bonchev–Trinajstić information content (AvgIpc) is 3.19. The van der Waals surface area contributed by atoms with E-state index in [1.54, 1.807) is 18.5 Å². The fraction of sp³-hybridized carbons (Fsp3) is 0.250. The number of nitrogens with zero attached hydrogens (tertiary/aromatic N) is 3. The second-order valence-electron chi connectivity index (χ2n) is 6.37. The number of likely N-dealkylation sites (tertiary alicyclic amines) is 1. The number of aromatic nitrogens is 3. The summed E-state index contributed by atoms with van der Waals surface area (Å²) in [6, 6.07) is 13.9. The highest BCUT2D eigenvalue weighted by atomic mass is 16.2. The lowest BCUT2D eigenvalue weighted by Gasteiger charge is -2.32. The normalized spacial score (nSPS) is 15.3. The van der Waals surface area contributed by atoms with Gasteiger partial charge in [0.15, 0.2) is 0 Å². The van der Waals surface area contributed by atoms with E-state index in [-0.39, 0.29) is 5.91 Å². The van der Waals surface area contributed by atoms with Gasteiger partial charge in [-0.3, -0.25) is 14.9 Å². The van der Waals surface area contributed by atoms with Crippen LogP contribution in [0.5, 0.6) is 0 Å². The highest BCUT2D eigenvalue weighted by Crippen LogP contribution is 2.34. The van der Waals surface area contributed by atoms with Crippen LogP contribution in [0.25, 0.3) is 11.1 Å². The molecule has 3 heterocycles. The largest absolute Gasteiger partial charge is 0.339 e. The van der Waals surface area contributed by atoms with Crippen molar-refractivity contribution in [1.29, 1.82) is 0 Å². The van der Waals surface area contributed by atoms with Crippen LogP contribution in [0.2, 0.25) is 0 Å². The van der Waals surface area contributed by atoms with E-state index < -0.39 is 0 Å². The minimum atomic E-state index is 0.0689. The molecule has 0 saturated carbocycles. The van der Waals surface area contributed by atoms with Gasteiger partial charge < -0.3 is 4.90 Å². The minimum absolute atomic E-state index is 0.0689. The maximum Gasteiger partial charge on any atom is 0.255 e. The van der Waals surface area contributed by atoms with E-state index in [4.69, 9.17) is 0 Å². The standard InChI is InChI=1S/C20H20N4O/c25-20(17-7-4-10-21-13-17)24-11-8-16(9-12-24)19-18(14-22-23-19)15-5-2-1-3-6-15/h1-7,10,13-14,16H,8-9,11-12H2,(H,22,23). The lowest BCUT2D eigenvalue weighted by Crippen LogP contribution is -2.38. The van der Waals surface area contributed by atoms with E-state index in [2.05, 4.69) is 27.3 Å². The monoisotopic (exact) mass is 332 g/mol. The van der Waals surface area contributed by atoms with Crippen LogP contribution in [0, 0.1) is 0 Å². The molecule has 25 heavy (non-hydrogen) atoms. The number of piperidine rings is 1. The molecule has 0 unspecified atom stereocenters. The number of carbonyl (C=O) groups excluding carboxylic acids is 1. The quantitative estimate of drug-likeness (QED) is 0.798. The fourth-order valence-corrected chi connectivity index (χ4v) is 3.50. The molecule has 0 radical (unpaired) electrons. The van der Waals surface area contributed by atoms with E-state index in [9.17, 15) is 4.79 Å². The topological polar surface area (TPSA) is 61.9 Å². The molecule has 1 fully saturated rings. The maximum atomic E-state index is 12.5. The van der Waals surface area contributed by atoms with Crippen molar-refractivity contribution in [2.75, 3.05) is 13.1 Å². The number of benzene rings is 1. The molecule has 5 nitrogen and oxygen atoms in total. The van der Waals surface area contributed by atoms with Crippen LogP contribution in [0.3, 0.4) is 0 Å². The number of amides is 1. The predicted molar refractivity (Wildman–Crippen MR) is 96.1 cm³/mol. The number of pyridine rings is 1. The molecule has 0 aliphatic carbocycles. The van der Waals surface area contributed by atoms with Gasteiger partial charge >= 0.3 is 0 Å². The van der Waals surface area contributed by atoms with Gasteiger partial charge in [0.25, 0.3) is 5.91 Å². The highest BCUT2D eigenvalue weighted by molar-refractivity contribution is 5.93. The molecular weight excluding hydrogens is 312 g/mol. The van der Waals surface area contributed by atoms with Gasteiger partial charge in [-0.15, -0.1) is 0 Å². The van der Waals surface area contributed by atoms with Crippen molar-refractivity contribution >= 4 is 5.91 Å². The molecule has 1 saturated heterocycles. The Hall–Kier alpha value is -2.95. The Labute approximate surface area is 146 Å². The summed E-state index contributed by atoms with van der Waals surface area (Å²) >= 11 is 0. The first-order valence-corrected chi connectivity index (χ1v) is 8.61. The van der Waals surface area contributed by atoms with Crippen LogP contribution in [0.1, 0.15) is 34.8 Å². The summed E-state index contributed by atoms with van der Waals surface area (Å²) in [5, 5.41) is 7.45. The van der Waals surface area contributed by atoms with Crippen molar-refractivity contribution < 1.29 is 4.79 Å². The molecule has 2 aromatic heterocycles. The molecule has 1 aliphatic heterocycles. The zero-order valence-electron chi connectivity index (χ0n) is 13.9. The van der Waals surface area contributed by atoms with Crippen molar-refractivity contribution in [3.8, 4) is 11.1 Å². The number of hydrogen-bond donors (Lipinski definition) is 1. The van der Waals surface area contributed by atoms with Gasteiger partial charge in [0, 0.05) is 42.7 Å². The number of nitrogens with one attached hydrogen (secondary N) is 1. The Morgan fingerprint density at radius 1 is 1.04 bits per heavy atom. The van der Waals surface area contributed by atoms with E-state index >= 15 is 0 Å². The third-order valence-electron chi connectivity index (χ3n) is 4.85. The molecule has 3 aromatic rings. The van der Waals surface area contributed by atoms with Crippen molar-refractivity contribution in [1.82, 2.24) is 20.1 Å². The summed E-state index contributed by atoms with van der Waals surface area (Å²) in [5.41, 5.74) is 4.19. The predicted octanol–water partition coefficient (Wildman–Crippen LogP) is 3.49. The highest BCUT2D eigenvalue weighted by Gasteiger charge is 2.27. The molecule has 0 bridgehead atoms. The van der Waals surface area contributed by atoms with Crippen LogP contribution in [-0.4, -0.2) is 39.1 Å². The molecule has 5 heteroatoms. The number of carbonyl (C=O) groups is 1. The van der Waals surface area contributed by atoms with Crippen molar-refractivity contribution in [2.45, 2.75) is 18.8 Å². The van der Waals surface area contributed by atoms with Crippen LogP contribution < -0.4 is 0 Å². The van der Waals surface area contributed by atoms with Gasteiger partial charge in [0.1, 0.15) is 0 Å². The average molecular weight is 332 g/mol. The summed E-state index contributed by atoms with van der Waals surface area (Å²) in [4.78, 5) is 18.5. The molecule has 1 N–H and O–H groups in total. The Morgan fingerprint density at radius 3 is 2.56 bits per heavy atom. The second-order valence-corrected chi connectivity index (χ2v) is 6.37. The lowest BCUT2D eigenvalue weighted by molar-refractivity contribution is 0.0712. The van der Waals surface area contributed by atoms with Crippen LogP contribution in [0.15, 0.2) is 61.1 Å². The summed E-state index contributed by atoms with van der Waals surface area (Å²) in [7, 11) is 0. The minimum Gasteiger partial charge on any atom is -0.339 e. The van der Waals surface area contributed by atoms with Crippen molar-refractivity contribution in [2.24, 2.45) is 0 Å². The Morgan fingerprint density at radius 2 is 1.84 bits per heavy atom. The summed E-state index contributed by atoms with van der Waals surface area (Å²) in [5.74, 6) is 0.468. The Balaban J connectivity index is 1.47. The molecule has 126 valence electrons. The molecule has 1 aliphatic rings. The molecule has 0 atom stereocenters. The summed E-state index contributed by atoms with van der Waals surface area (Å²) in [6.07, 6.45) is 7.10. The Kier molecular flexibility index (Phi) is 4.29. The van der Waals surface area contributed by atoms with Crippen molar-refractivity contribution in [3.63, 3.8) is 0 Å². The maximum absolute atomic E-state index is 12.5. The molecular formula is C20H20N4O. The third-order valence-corrected chi connectivity index (χ3v) is 4.85. The van der Waals surface area contributed by atoms with Gasteiger partial charge in [-0.25, -0.2) is 0 Å². The summed E-state index contributed by atoms with van der Waals surface area (Å²) in [6.45, 7) is 1.51. The number of aromatic amines is 1. The van der Waals surface area contributed by atoms with E-state index in [0.717, 1.165) is 31.5 Å². The van der Waals surface area contributed by atoms with Gasteiger partial charge in [0.05, 0.1) is 11.8 Å². The fourth-order valence-electron chi connectivity index (χ4n) is 3.50. The second kappa shape index (κ2) is 6.89. The third kappa shape index (κ3) is 3.18. The molecule has 0 spiro atoms. The Bertz CT molecular complexity index is 836. The zero-order valence-corrected chi connectivity index (χ0v) is 13.9. The van der Waals surface area contributed by atoms with Gasteiger partial charge in [-0.05, 0) is 30.5 Å². The molecule has 1 aromatic carbocycles. The zero-order chi connectivity index (χ0) is 17.1. The van der Waals surface area contributed by atoms with Crippen LogP contribution in [0.4, 0.5) is 0 Å². The van der Waals surface area contributed by atoms with Gasteiger partial charge in [0.2, 0.25) is 0 Å². The first-order valence-electron chi connectivity index (χ1n) is 8.61. The van der Waals surface area contributed by atoms with E-state index in [1.807, 2.05) is 35.4 Å². The smallest absolute Gasteiger partial charge is 0.255 e. The lowest BCUT2D eigenvalue weighted by atomic mass is 9.89. The summed E-state index contributed by atoms with van der Waals surface area (Å²) < 4.78 is 0. The molecule has 4 rings (SSSR count). The first kappa shape index (κ1) is 15.6. The number of rotatable bonds is 3.